The first-order chi connectivity index (χ1) is 6.79. The van der Waals surface area contributed by atoms with E-state index in [1.807, 2.05) is 0 Å². The lowest BCUT2D eigenvalue weighted by molar-refractivity contribution is -0.117. The maximum Gasteiger partial charge on any atom is 0.129 e. The Morgan fingerprint density at radius 1 is 1.21 bits per heavy atom. The Morgan fingerprint density at radius 2 is 1.79 bits per heavy atom. The molecule has 1 fully saturated rings. The molecule has 0 heterocycles. The topological polar surface area (TPSA) is 17.1 Å². The first-order valence-electron chi connectivity index (χ1n) is 5.74. The van der Waals surface area contributed by atoms with Gasteiger partial charge in [-0.2, -0.15) is 0 Å². The zero-order valence-electron chi connectivity index (χ0n) is 8.88. The highest BCUT2D eigenvalue weighted by atomic mass is 16.1. The number of rotatable bonds is 3. The first kappa shape index (κ1) is 9.77. The summed E-state index contributed by atoms with van der Waals surface area (Å²) in [5, 5.41) is 0. The lowest BCUT2D eigenvalue weighted by Crippen LogP contribution is -1.92. The van der Waals surface area contributed by atoms with Crippen LogP contribution >= 0.6 is 0 Å². The lowest BCUT2D eigenvalue weighted by Gasteiger charge is -1.96. The van der Waals surface area contributed by atoms with Gasteiger partial charge >= 0.3 is 0 Å². The highest BCUT2D eigenvalue weighted by Gasteiger charge is 2.47. The summed E-state index contributed by atoms with van der Waals surface area (Å²) in [4.78, 5) is 10.9. The molecule has 0 aliphatic heterocycles. The van der Waals surface area contributed by atoms with Gasteiger partial charge < -0.3 is 4.79 Å². The van der Waals surface area contributed by atoms with E-state index in [1.54, 1.807) is 6.92 Å². The van der Waals surface area contributed by atoms with Crippen LogP contribution in [0.3, 0.4) is 0 Å². The van der Waals surface area contributed by atoms with Crippen LogP contribution in [0.25, 0.3) is 0 Å². The molecule has 0 aromatic heterocycles. The zero-order valence-corrected chi connectivity index (χ0v) is 8.88. The Balaban J connectivity index is 1.79. The third-order valence-corrected chi connectivity index (χ3v) is 3.67. The number of Topliss-reactive ketones (excluding diaryl/α,β-unsaturated/α-hetero) is 1. The van der Waals surface area contributed by atoms with Crippen molar-refractivity contribution in [3.8, 4) is 11.8 Å². The molecule has 76 valence electrons. The van der Waals surface area contributed by atoms with Crippen LogP contribution in [0.5, 0.6) is 0 Å². The van der Waals surface area contributed by atoms with Crippen molar-refractivity contribution >= 4 is 5.78 Å². The molecule has 0 N–H and O–H groups in total. The van der Waals surface area contributed by atoms with Crippen LogP contribution in [0, 0.1) is 29.6 Å². The fourth-order valence-electron chi connectivity index (χ4n) is 2.83. The average molecular weight is 190 g/mol. The van der Waals surface area contributed by atoms with Crippen molar-refractivity contribution in [2.45, 2.75) is 45.4 Å². The highest BCUT2D eigenvalue weighted by molar-refractivity contribution is 5.75. The molecule has 1 heteroatoms. The van der Waals surface area contributed by atoms with E-state index in [9.17, 15) is 4.79 Å². The number of carbonyl (C=O) groups is 1. The average Bonchev–Trinajstić information content (AvgIpc) is 2.72. The molecule has 0 aromatic carbocycles. The van der Waals surface area contributed by atoms with Gasteiger partial charge in [-0.1, -0.05) is 0 Å². The SMILES string of the molecule is CC(=O)CCC1C2CCC#CCCC21. The van der Waals surface area contributed by atoms with E-state index >= 15 is 0 Å². The largest absolute Gasteiger partial charge is 0.300 e. The summed E-state index contributed by atoms with van der Waals surface area (Å²) >= 11 is 0. The van der Waals surface area contributed by atoms with Crippen LogP contribution in [0.15, 0.2) is 0 Å². The maximum absolute atomic E-state index is 10.9. The fourth-order valence-corrected chi connectivity index (χ4v) is 2.83. The number of hydrogen-bond acceptors (Lipinski definition) is 1. The summed E-state index contributed by atoms with van der Waals surface area (Å²) in [5.41, 5.74) is 0. The Labute approximate surface area is 86.3 Å². The van der Waals surface area contributed by atoms with Crippen LogP contribution in [0.1, 0.15) is 45.4 Å². The van der Waals surface area contributed by atoms with Gasteiger partial charge in [-0.3, -0.25) is 0 Å². The van der Waals surface area contributed by atoms with Crippen molar-refractivity contribution in [2.24, 2.45) is 17.8 Å². The molecule has 1 saturated carbocycles. The van der Waals surface area contributed by atoms with E-state index in [0.29, 0.717) is 5.78 Å². The summed E-state index contributed by atoms with van der Waals surface area (Å²) in [5.74, 6) is 9.43. The second-order valence-corrected chi connectivity index (χ2v) is 4.66. The molecule has 0 spiro atoms. The predicted octanol–water partition coefficient (Wildman–Crippen LogP) is 2.80. The summed E-state index contributed by atoms with van der Waals surface area (Å²) in [6.45, 7) is 1.70. The van der Waals surface area contributed by atoms with Crippen molar-refractivity contribution in [3.05, 3.63) is 0 Å². The van der Waals surface area contributed by atoms with Crippen LogP contribution in [-0.2, 0) is 4.79 Å². The van der Waals surface area contributed by atoms with Crippen LogP contribution < -0.4 is 0 Å². The van der Waals surface area contributed by atoms with Crippen molar-refractivity contribution in [2.75, 3.05) is 0 Å². The number of hydrogen-bond donors (Lipinski definition) is 0. The maximum atomic E-state index is 10.9. The standard InChI is InChI=1S/C13H18O/c1-10(14)8-9-13-11-6-4-2-3-5-7-12(11)13/h11-13H,4-9H2,1H3. The Hall–Kier alpha value is -0.770. The molecule has 0 aromatic rings. The van der Waals surface area contributed by atoms with Gasteiger partial charge in [-0.05, 0) is 43.9 Å². The third-order valence-electron chi connectivity index (χ3n) is 3.67. The van der Waals surface area contributed by atoms with E-state index in [2.05, 4.69) is 11.8 Å². The monoisotopic (exact) mass is 190 g/mol. The summed E-state index contributed by atoms with van der Waals surface area (Å²) < 4.78 is 0. The minimum absolute atomic E-state index is 0.348. The molecule has 0 radical (unpaired) electrons. The van der Waals surface area contributed by atoms with Gasteiger partial charge in [0.25, 0.3) is 0 Å². The van der Waals surface area contributed by atoms with Gasteiger partial charge in [0.05, 0.1) is 0 Å². The van der Waals surface area contributed by atoms with Crippen molar-refractivity contribution in [3.63, 3.8) is 0 Å². The van der Waals surface area contributed by atoms with E-state index in [4.69, 9.17) is 0 Å². The normalized spacial score (nSPS) is 34.5. The van der Waals surface area contributed by atoms with Crippen LogP contribution in [0.4, 0.5) is 0 Å². The van der Waals surface area contributed by atoms with E-state index < -0.39 is 0 Å². The van der Waals surface area contributed by atoms with Gasteiger partial charge in [-0.25, -0.2) is 0 Å². The van der Waals surface area contributed by atoms with Crippen molar-refractivity contribution in [1.29, 1.82) is 0 Å². The number of carbonyl (C=O) groups excluding carboxylic acids is 1. The van der Waals surface area contributed by atoms with E-state index in [0.717, 1.165) is 43.4 Å². The number of fused-ring (bicyclic) bond motifs is 1. The highest BCUT2D eigenvalue weighted by Crippen LogP contribution is 2.54. The van der Waals surface area contributed by atoms with Crippen molar-refractivity contribution < 1.29 is 4.79 Å². The van der Waals surface area contributed by atoms with Gasteiger partial charge in [0, 0.05) is 19.3 Å². The fraction of sp³-hybridized carbons (Fsp3) is 0.769. The molecule has 0 bridgehead atoms. The van der Waals surface area contributed by atoms with Gasteiger partial charge in [-0.15, -0.1) is 11.8 Å². The molecular formula is C13H18O. The summed E-state index contributed by atoms with van der Waals surface area (Å²) in [6.07, 6.45) is 6.64. The smallest absolute Gasteiger partial charge is 0.129 e. The molecule has 14 heavy (non-hydrogen) atoms. The minimum atomic E-state index is 0.348. The molecule has 1 nitrogen and oxygen atoms in total. The van der Waals surface area contributed by atoms with Gasteiger partial charge in [0.15, 0.2) is 0 Å². The zero-order chi connectivity index (χ0) is 9.97. The van der Waals surface area contributed by atoms with E-state index in [1.165, 1.54) is 12.8 Å². The second kappa shape index (κ2) is 4.17. The van der Waals surface area contributed by atoms with Crippen LogP contribution in [0.2, 0.25) is 0 Å². The lowest BCUT2D eigenvalue weighted by atomic mass is 10.1. The minimum Gasteiger partial charge on any atom is -0.300 e. The van der Waals surface area contributed by atoms with E-state index in [-0.39, 0.29) is 0 Å². The molecular weight excluding hydrogens is 172 g/mol. The molecule has 2 aliphatic carbocycles. The van der Waals surface area contributed by atoms with Crippen molar-refractivity contribution in [1.82, 2.24) is 0 Å². The molecule has 2 unspecified atom stereocenters. The van der Waals surface area contributed by atoms with Crippen LogP contribution in [-0.4, -0.2) is 5.78 Å². The third kappa shape index (κ3) is 2.18. The first-order valence-corrected chi connectivity index (χ1v) is 5.74. The summed E-state index contributed by atoms with van der Waals surface area (Å²) in [6, 6.07) is 0. The quantitative estimate of drug-likeness (QED) is 0.625. The Kier molecular flexibility index (Phi) is 2.91. The second-order valence-electron chi connectivity index (χ2n) is 4.66. The Bertz CT molecular complexity index is 263. The molecule has 2 atom stereocenters. The Morgan fingerprint density at radius 3 is 2.29 bits per heavy atom. The molecule has 2 aliphatic rings. The van der Waals surface area contributed by atoms with Gasteiger partial charge in [0.2, 0.25) is 0 Å². The molecule has 0 saturated heterocycles. The summed E-state index contributed by atoms with van der Waals surface area (Å²) in [7, 11) is 0. The molecule has 0 amide bonds. The molecule has 2 rings (SSSR count). The number of ketones is 1. The van der Waals surface area contributed by atoms with Gasteiger partial charge in [0.1, 0.15) is 5.78 Å². The predicted molar refractivity (Wildman–Crippen MR) is 56.6 cm³/mol.